The first-order chi connectivity index (χ1) is 12.5. The second-order valence-electron chi connectivity index (χ2n) is 5.79. The molecular formula is C18H19N3O4S. The van der Waals surface area contributed by atoms with E-state index in [-0.39, 0.29) is 11.8 Å². The van der Waals surface area contributed by atoms with E-state index in [0.717, 1.165) is 4.88 Å². The Morgan fingerprint density at radius 2 is 1.92 bits per heavy atom. The van der Waals surface area contributed by atoms with Gasteiger partial charge in [-0.15, -0.1) is 21.5 Å². The number of aromatic nitrogens is 2. The number of nitrogens with one attached hydrogen (secondary N) is 1. The molecule has 0 aliphatic heterocycles. The lowest BCUT2D eigenvalue weighted by Crippen LogP contribution is -2.12. The molecule has 0 aliphatic rings. The van der Waals surface area contributed by atoms with Gasteiger partial charge < -0.3 is 19.2 Å². The highest BCUT2D eigenvalue weighted by atomic mass is 32.1. The lowest BCUT2D eigenvalue weighted by molar-refractivity contribution is 0.102. The number of ether oxygens (including phenoxy) is 2. The molecule has 136 valence electrons. The second-order valence-corrected chi connectivity index (χ2v) is 6.70. The fourth-order valence-electron chi connectivity index (χ4n) is 2.30. The molecule has 0 saturated carbocycles. The van der Waals surface area contributed by atoms with Crippen molar-refractivity contribution in [2.45, 2.75) is 19.8 Å². The molecule has 1 N–H and O–H groups in total. The molecule has 0 bridgehead atoms. The minimum Gasteiger partial charge on any atom is -0.493 e. The van der Waals surface area contributed by atoms with E-state index in [0.29, 0.717) is 34.5 Å². The van der Waals surface area contributed by atoms with Gasteiger partial charge in [-0.25, -0.2) is 0 Å². The van der Waals surface area contributed by atoms with Crippen molar-refractivity contribution in [1.29, 1.82) is 0 Å². The van der Waals surface area contributed by atoms with E-state index in [1.165, 1.54) is 18.4 Å². The number of hydrogen-bond donors (Lipinski definition) is 1. The maximum Gasteiger partial charge on any atom is 0.259 e. The standard InChI is InChI=1S/C18H19N3O4S/c1-10(2)17-20-21-18(25-17)15-12(7-8-26-15)19-16(22)11-5-6-13(23-3)14(9-11)24-4/h5-10H,1-4H3,(H,19,22). The molecule has 0 spiro atoms. The SMILES string of the molecule is COc1ccc(C(=O)Nc2ccsc2-c2nnc(C(C)C)o2)cc1OC. The van der Waals surface area contributed by atoms with Crippen molar-refractivity contribution < 1.29 is 18.7 Å². The number of carbonyl (C=O) groups excluding carboxylic acids is 1. The van der Waals surface area contributed by atoms with Gasteiger partial charge in [0.15, 0.2) is 11.5 Å². The van der Waals surface area contributed by atoms with Gasteiger partial charge in [0.05, 0.1) is 19.9 Å². The number of hydrogen-bond acceptors (Lipinski definition) is 7. The molecule has 0 aliphatic carbocycles. The predicted octanol–water partition coefficient (Wildman–Crippen LogP) is 4.19. The Bertz CT molecular complexity index is 917. The summed E-state index contributed by atoms with van der Waals surface area (Å²) in [6.07, 6.45) is 0. The molecule has 1 amide bonds. The van der Waals surface area contributed by atoms with Gasteiger partial charge in [-0.05, 0) is 29.6 Å². The van der Waals surface area contributed by atoms with E-state index in [2.05, 4.69) is 15.5 Å². The van der Waals surface area contributed by atoms with Crippen LogP contribution >= 0.6 is 11.3 Å². The minimum absolute atomic E-state index is 0.140. The summed E-state index contributed by atoms with van der Waals surface area (Å²) in [6, 6.07) is 6.79. The first kappa shape index (κ1) is 17.9. The third-order valence-electron chi connectivity index (χ3n) is 3.69. The molecule has 0 atom stereocenters. The average Bonchev–Trinajstić information content (AvgIpc) is 3.30. The van der Waals surface area contributed by atoms with Crippen LogP contribution in [-0.2, 0) is 0 Å². The highest BCUT2D eigenvalue weighted by Gasteiger charge is 2.18. The fourth-order valence-corrected chi connectivity index (χ4v) is 3.07. The predicted molar refractivity (Wildman–Crippen MR) is 99.2 cm³/mol. The molecule has 7 nitrogen and oxygen atoms in total. The van der Waals surface area contributed by atoms with Crippen molar-refractivity contribution in [1.82, 2.24) is 10.2 Å². The van der Waals surface area contributed by atoms with Crippen LogP contribution in [0.3, 0.4) is 0 Å². The van der Waals surface area contributed by atoms with Crippen molar-refractivity contribution in [3.05, 3.63) is 41.1 Å². The number of rotatable bonds is 6. The average molecular weight is 373 g/mol. The second kappa shape index (κ2) is 7.57. The van der Waals surface area contributed by atoms with E-state index >= 15 is 0 Å². The summed E-state index contributed by atoms with van der Waals surface area (Å²) < 4.78 is 16.1. The van der Waals surface area contributed by atoms with Gasteiger partial charge in [0.2, 0.25) is 5.89 Å². The quantitative estimate of drug-likeness (QED) is 0.697. The Balaban J connectivity index is 1.83. The zero-order chi connectivity index (χ0) is 18.7. The largest absolute Gasteiger partial charge is 0.493 e. The van der Waals surface area contributed by atoms with Crippen molar-refractivity contribution in [2.24, 2.45) is 0 Å². The number of anilines is 1. The van der Waals surface area contributed by atoms with Crippen molar-refractivity contribution >= 4 is 22.9 Å². The minimum atomic E-state index is -0.269. The Morgan fingerprint density at radius 3 is 2.58 bits per heavy atom. The van der Waals surface area contributed by atoms with Crippen molar-refractivity contribution in [3.8, 4) is 22.3 Å². The van der Waals surface area contributed by atoms with Gasteiger partial charge >= 0.3 is 0 Å². The molecule has 0 radical (unpaired) electrons. The van der Waals surface area contributed by atoms with Crippen LogP contribution in [0.25, 0.3) is 10.8 Å². The topological polar surface area (TPSA) is 86.5 Å². The number of carbonyl (C=O) groups is 1. The maximum absolute atomic E-state index is 12.6. The number of thiophene rings is 1. The van der Waals surface area contributed by atoms with Crippen LogP contribution in [0.15, 0.2) is 34.1 Å². The van der Waals surface area contributed by atoms with Gasteiger partial charge in [-0.2, -0.15) is 0 Å². The first-order valence-electron chi connectivity index (χ1n) is 7.98. The van der Waals surface area contributed by atoms with Crippen LogP contribution in [0.4, 0.5) is 5.69 Å². The van der Waals surface area contributed by atoms with Gasteiger partial charge in [-0.3, -0.25) is 4.79 Å². The third kappa shape index (κ3) is 3.55. The van der Waals surface area contributed by atoms with E-state index in [1.807, 2.05) is 19.2 Å². The number of nitrogens with zero attached hydrogens (tertiary/aromatic N) is 2. The van der Waals surface area contributed by atoms with Gasteiger partial charge in [0.1, 0.15) is 4.88 Å². The molecule has 3 aromatic rings. The van der Waals surface area contributed by atoms with E-state index in [4.69, 9.17) is 13.9 Å². The summed E-state index contributed by atoms with van der Waals surface area (Å²) in [4.78, 5) is 13.3. The summed E-state index contributed by atoms with van der Waals surface area (Å²) in [5.74, 6) is 1.88. The molecule has 0 saturated heterocycles. The summed E-state index contributed by atoms with van der Waals surface area (Å²) in [6.45, 7) is 3.96. The Hall–Kier alpha value is -2.87. The highest BCUT2D eigenvalue weighted by Crippen LogP contribution is 2.34. The molecule has 0 unspecified atom stereocenters. The molecule has 0 fully saturated rings. The van der Waals surface area contributed by atoms with Crippen molar-refractivity contribution in [2.75, 3.05) is 19.5 Å². The monoisotopic (exact) mass is 373 g/mol. The maximum atomic E-state index is 12.6. The van der Waals surface area contributed by atoms with Crippen LogP contribution < -0.4 is 14.8 Å². The normalized spacial score (nSPS) is 10.8. The Labute approximate surface area is 155 Å². The lowest BCUT2D eigenvalue weighted by Gasteiger charge is -2.10. The third-order valence-corrected chi connectivity index (χ3v) is 4.59. The van der Waals surface area contributed by atoms with Crippen LogP contribution in [-0.4, -0.2) is 30.3 Å². The zero-order valence-corrected chi connectivity index (χ0v) is 15.7. The van der Waals surface area contributed by atoms with Crippen LogP contribution in [0.5, 0.6) is 11.5 Å². The molecular weight excluding hydrogens is 354 g/mol. The van der Waals surface area contributed by atoms with Crippen LogP contribution in [0.1, 0.15) is 36.0 Å². The summed E-state index contributed by atoms with van der Waals surface area (Å²) in [5, 5.41) is 12.9. The van der Waals surface area contributed by atoms with Gasteiger partial charge in [0, 0.05) is 11.5 Å². The smallest absolute Gasteiger partial charge is 0.259 e. The number of methoxy groups -OCH3 is 2. The number of amides is 1. The van der Waals surface area contributed by atoms with Gasteiger partial charge in [0.25, 0.3) is 11.8 Å². The van der Waals surface area contributed by atoms with E-state index < -0.39 is 0 Å². The van der Waals surface area contributed by atoms with E-state index in [1.54, 1.807) is 31.4 Å². The Morgan fingerprint density at radius 1 is 1.15 bits per heavy atom. The summed E-state index contributed by atoms with van der Waals surface area (Å²) in [7, 11) is 3.07. The molecule has 2 heterocycles. The number of benzene rings is 1. The van der Waals surface area contributed by atoms with Gasteiger partial charge in [-0.1, -0.05) is 13.8 Å². The first-order valence-corrected chi connectivity index (χ1v) is 8.86. The molecule has 1 aromatic carbocycles. The molecule has 3 rings (SSSR count). The van der Waals surface area contributed by atoms with Crippen LogP contribution in [0, 0.1) is 0 Å². The summed E-state index contributed by atoms with van der Waals surface area (Å²) >= 11 is 1.42. The molecule has 8 heteroatoms. The fraction of sp³-hybridized carbons (Fsp3) is 0.278. The van der Waals surface area contributed by atoms with E-state index in [9.17, 15) is 4.79 Å². The van der Waals surface area contributed by atoms with Crippen LogP contribution in [0.2, 0.25) is 0 Å². The Kier molecular flexibility index (Phi) is 5.22. The zero-order valence-electron chi connectivity index (χ0n) is 14.9. The molecule has 2 aromatic heterocycles. The van der Waals surface area contributed by atoms with Crippen molar-refractivity contribution in [3.63, 3.8) is 0 Å². The summed E-state index contributed by atoms with van der Waals surface area (Å²) in [5.41, 5.74) is 1.07. The lowest BCUT2D eigenvalue weighted by atomic mass is 10.2. The highest BCUT2D eigenvalue weighted by molar-refractivity contribution is 7.14. The molecule has 26 heavy (non-hydrogen) atoms.